The first-order valence-electron chi connectivity index (χ1n) is 5.92. The van der Waals surface area contributed by atoms with Crippen LogP contribution in [0.15, 0.2) is 0 Å². The van der Waals surface area contributed by atoms with Gasteiger partial charge in [-0.25, -0.2) is 4.79 Å². The van der Waals surface area contributed by atoms with Crippen LogP contribution in [0.25, 0.3) is 0 Å². The Balaban J connectivity index is 1.86. The Bertz CT molecular complexity index is 309. The Hall–Kier alpha value is -0.770. The summed E-state index contributed by atoms with van der Waals surface area (Å²) < 4.78 is 5.31. The average Bonchev–Trinajstić information content (AvgIpc) is 2.75. The topological polar surface area (TPSA) is 55.6 Å². The molecular weight excluding hydrogens is 204 g/mol. The maximum Gasteiger partial charge on any atom is 0.410 e. The quantitative estimate of drug-likeness (QED) is 0.741. The fourth-order valence-electron chi connectivity index (χ4n) is 2.30. The van der Waals surface area contributed by atoms with Crippen molar-refractivity contribution in [3.05, 3.63) is 0 Å². The van der Waals surface area contributed by atoms with Gasteiger partial charge >= 0.3 is 6.09 Å². The fraction of sp³-hybridized carbons (Fsp3) is 0.917. The van der Waals surface area contributed by atoms with Gasteiger partial charge in [0, 0.05) is 24.0 Å². The predicted molar refractivity (Wildman–Crippen MR) is 62.1 cm³/mol. The van der Waals surface area contributed by atoms with Crippen LogP contribution in [0.5, 0.6) is 0 Å². The Labute approximate surface area is 97.1 Å². The Kier molecular flexibility index (Phi) is 2.29. The third-order valence-electron chi connectivity index (χ3n) is 3.72. The van der Waals surface area contributed by atoms with E-state index in [0.717, 1.165) is 25.9 Å². The molecule has 2 rings (SSSR count). The highest BCUT2D eigenvalue weighted by Gasteiger charge is 2.60. The van der Waals surface area contributed by atoms with Crippen molar-refractivity contribution in [2.24, 2.45) is 11.1 Å². The molecule has 1 amide bonds. The van der Waals surface area contributed by atoms with Crippen molar-refractivity contribution >= 4 is 6.09 Å². The minimum Gasteiger partial charge on any atom is -0.444 e. The number of carbonyl (C=O) groups excluding carboxylic acids is 1. The first kappa shape index (κ1) is 11.7. The monoisotopic (exact) mass is 226 g/mol. The van der Waals surface area contributed by atoms with Gasteiger partial charge in [0.2, 0.25) is 0 Å². The third kappa shape index (κ3) is 1.90. The zero-order chi connectivity index (χ0) is 12.2. The summed E-state index contributed by atoms with van der Waals surface area (Å²) in [5, 5.41) is 0. The van der Waals surface area contributed by atoms with Crippen LogP contribution < -0.4 is 5.73 Å². The summed E-state index contributed by atoms with van der Waals surface area (Å²) in [4.78, 5) is 13.5. The van der Waals surface area contributed by atoms with E-state index in [0.29, 0.717) is 0 Å². The lowest BCUT2D eigenvalue weighted by Gasteiger charge is -2.51. The van der Waals surface area contributed by atoms with Crippen molar-refractivity contribution in [1.29, 1.82) is 0 Å². The van der Waals surface area contributed by atoms with Crippen molar-refractivity contribution in [1.82, 2.24) is 4.90 Å². The largest absolute Gasteiger partial charge is 0.444 e. The molecule has 1 aliphatic carbocycles. The van der Waals surface area contributed by atoms with Gasteiger partial charge in [-0.1, -0.05) is 6.92 Å². The highest BCUT2D eigenvalue weighted by Crippen LogP contribution is 2.52. The number of rotatable bonds is 1. The van der Waals surface area contributed by atoms with E-state index in [9.17, 15) is 4.79 Å². The van der Waals surface area contributed by atoms with Crippen molar-refractivity contribution in [3.63, 3.8) is 0 Å². The predicted octanol–water partition coefficient (Wildman–Crippen LogP) is 1.73. The van der Waals surface area contributed by atoms with Crippen molar-refractivity contribution in [3.8, 4) is 0 Å². The van der Waals surface area contributed by atoms with Crippen LogP contribution >= 0.6 is 0 Å². The van der Waals surface area contributed by atoms with E-state index in [-0.39, 0.29) is 17.0 Å². The fourth-order valence-corrected chi connectivity index (χ4v) is 2.30. The number of ether oxygens (including phenoxy) is 1. The summed E-state index contributed by atoms with van der Waals surface area (Å²) in [6.45, 7) is 9.29. The molecule has 92 valence electrons. The number of hydrogen-bond donors (Lipinski definition) is 1. The van der Waals surface area contributed by atoms with Gasteiger partial charge in [0.05, 0.1) is 0 Å². The molecule has 0 aromatic heterocycles. The first-order chi connectivity index (χ1) is 7.15. The molecule has 2 fully saturated rings. The summed E-state index contributed by atoms with van der Waals surface area (Å²) in [6, 6.07) is 0. The van der Waals surface area contributed by atoms with Gasteiger partial charge in [0.25, 0.3) is 0 Å². The standard InChI is InChI=1S/C12H22N2O2/c1-10(2,3)16-9(15)14-7-11(4,8-14)12(13)5-6-12/h5-8,13H2,1-4H3. The smallest absolute Gasteiger partial charge is 0.410 e. The molecule has 4 heteroatoms. The number of nitrogens with two attached hydrogens (primary N) is 1. The van der Waals surface area contributed by atoms with E-state index in [1.54, 1.807) is 4.90 Å². The summed E-state index contributed by atoms with van der Waals surface area (Å²) in [5.41, 5.74) is 5.86. The SMILES string of the molecule is CC(C)(C)OC(=O)N1CC(C)(C2(N)CC2)C1. The first-order valence-corrected chi connectivity index (χ1v) is 5.92. The van der Waals surface area contributed by atoms with Crippen LogP contribution in [0.1, 0.15) is 40.5 Å². The Morgan fingerprint density at radius 2 is 1.81 bits per heavy atom. The highest BCUT2D eigenvalue weighted by molar-refractivity contribution is 5.69. The van der Waals surface area contributed by atoms with E-state index >= 15 is 0 Å². The second kappa shape index (κ2) is 3.13. The molecule has 4 nitrogen and oxygen atoms in total. The van der Waals surface area contributed by atoms with E-state index in [4.69, 9.17) is 10.5 Å². The molecule has 0 atom stereocenters. The molecular formula is C12H22N2O2. The van der Waals surface area contributed by atoms with Gasteiger partial charge in [-0.05, 0) is 33.6 Å². The molecule has 0 aromatic rings. The molecule has 16 heavy (non-hydrogen) atoms. The zero-order valence-corrected chi connectivity index (χ0v) is 10.7. The molecule has 0 bridgehead atoms. The Morgan fingerprint density at radius 3 is 2.19 bits per heavy atom. The van der Waals surface area contributed by atoms with E-state index in [1.165, 1.54) is 0 Å². The lowest BCUT2D eigenvalue weighted by atomic mass is 9.73. The lowest BCUT2D eigenvalue weighted by molar-refractivity contribution is -0.0407. The molecule has 1 saturated heterocycles. The van der Waals surface area contributed by atoms with Gasteiger partial charge in [-0.15, -0.1) is 0 Å². The zero-order valence-electron chi connectivity index (χ0n) is 10.7. The van der Waals surface area contributed by atoms with Gasteiger partial charge in [-0.3, -0.25) is 0 Å². The van der Waals surface area contributed by atoms with Crippen LogP contribution in [0.3, 0.4) is 0 Å². The second-order valence-electron chi connectivity index (χ2n) is 6.55. The van der Waals surface area contributed by atoms with Crippen LogP contribution in [0.4, 0.5) is 4.79 Å². The summed E-state index contributed by atoms with van der Waals surface area (Å²) in [7, 11) is 0. The number of nitrogens with zero attached hydrogens (tertiary/aromatic N) is 1. The van der Waals surface area contributed by atoms with Gasteiger partial charge in [-0.2, -0.15) is 0 Å². The molecule has 1 heterocycles. The maximum atomic E-state index is 11.7. The normalized spacial score (nSPS) is 25.9. The second-order valence-corrected chi connectivity index (χ2v) is 6.55. The van der Waals surface area contributed by atoms with E-state index in [2.05, 4.69) is 6.92 Å². The van der Waals surface area contributed by atoms with Gasteiger partial charge in [0.1, 0.15) is 5.60 Å². The van der Waals surface area contributed by atoms with Crippen LogP contribution in [-0.2, 0) is 4.74 Å². The molecule has 2 aliphatic rings. The molecule has 0 radical (unpaired) electrons. The Morgan fingerprint density at radius 1 is 1.31 bits per heavy atom. The number of hydrogen-bond acceptors (Lipinski definition) is 3. The maximum absolute atomic E-state index is 11.7. The lowest BCUT2D eigenvalue weighted by Crippen LogP contribution is -2.65. The molecule has 0 aromatic carbocycles. The minimum atomic E-state index is -0.414. The van der Waals surface area contributed by atoms with Crippen molar-refractivity contribution in [2.75, 3.05) is 13.1 Å². The summed E-state index contributed by atoms with van der Waals surface area (Å²) in [5.74, 6) is 0. The van der Waals surface area contributed by atoms with Crippen LogP contribution in [0, 0.1) is 5.41 Å². The number of carbonyl (C=O) groups is 1. The molecule has 1 saturated carbocycles. The summed E-state index contributed by atoms with van der Waals surface area (Å²) in [6.07, 6.45) is 1.96. The van der Waals surface area contributed by atoms with Gasteiger partial charge < -0.3 is 15.4 Å². The summed E-state index contributed by atoms with van der Waals surface area (Å²) >= 11 is 0. The number of likely N-dealkylation sites (tertiary alicyclic amines) is 1. The molecule has 0 spiro atoms. The molecule has 0 unspecified atom stereocenters. The molecule has 1 aliphatic heterocycles. The molecule has 2 N–H and O–H groups in total. The highest BCUT2D eigenvalue weighted by atomic mass is 16.6. The third-order valence-corrected chi connectivity index (χ3v) is 3.72. The van der Waals surface area contributed by atoms with Crippen LogP contribution in [-0.4, -0.2) is 35.2 Å². The van der Waals surface area contributed by atoms with E-state index < -0.39 is 5.60 Å². The van der Waals surface area contributed by atoms with Crippen molar-refractivity contribution < 1.29 is 9.53 Å². The minimum absolute atomic E-state index is 0.0223. The van der Waals surface area contributed by atoms with Crippen LogP contribution in [0.2, 0.25) is 0 Å². The van der Waals surface area contributed by atoms with Gasteiger partial charge in [0.15, 0.2) is 0 Å². The van der Waals surface area contributed by atoms with Crippen molar-refractivity contribution in [2.45, 2.75) is 51.7 Å². The number of amides is 1. The average molecular weight is 226 g/mol. The van der Waals surface area contributed by atoms with E-state index in [1.807, 2.05) is 20.8 Å².